The van der Waals surface area contributed by atoms with Crippen LogP contribution < -0.4 is 0 Å². The predicted octanol–water partition coefficient (Wildman–Crippen LogP) is 0.591. The van der Waals surface area contributed by atoms with Crippen LogP contribution in [0.25, 0.3) is 0 Å². The van der Waals surface area contributed by atoms with Crippen molar-refractivity contribution >= 4 is 5.91 Å². The molecule has 0 saturated carbocycles. The Labute approximate surface area is 115 Å². The summed E-state index contributed by atoms with van der Waals surface area (Å²) in [5.74, 6) is 0.631. The highest BCUT2D eigenvalue weighted by Crippen LogP contribution is 2.20. The minimum absolute atomic E-state index is 0.106. The summed E-state index contributed by atoms with van der Waals surface area (Å²) >= 11 is 0. The summed E-state index contributed by atoms with van der Waals surface area (Å²) in [6, 6.07) is 0.460. The van der Waals surface area contributed by atoms with Gasteiger partial charge in [0.2, 0.25) is 5.91 Å². The molecule has 5 nitrogen and oxygen atoms in total. The summed E-state index contributed by atoms with van der Waals surface area (Å²) < 4.78 is 11.0. The molecule has 19 heavy (non-hydrogen) atoms. The van der Waals surface area contributed by atoms with E-state index in [9.17, 15) is 4.79 Å². The number of carbonyl (C=O) groups is 1. The molecule has 2 saturated heterocycles. The van der Waals surface area contributed by atoms with Gasteiger partial charge in [0.25, 0.3) is 0 Å². The molecule has 0 aliphatic carbocycles. The van der Waals surface area contributed by atoms with Crippen LogP contribution >= 0.6 is 0 Å². The number of hydrogen-bond acceptors (Lipinski definition) is 4. The number of likely N-dealkylation sites (N-methyl/N-ethyl adjacent to an activating group) is 1. The van der Waals surface area contributed by atoms with E-state index in [-0.39, 0.29) is 18.6 Å². The smallest absolute Gasteiger partial charge is 0.248 e. The van der Waals surface area contributed by atoms with Crippen LogP contribution in [0.5, 0.6) is 0 Å². The lowest BCUT2D eigenvalue weighted by Gasteiger charge is -2.22. The van der Waals surface area contributed by atoms with Gasteiger partial charge in [-0.1, -0.05) is 6.92 Å². The van der Waals surface area contributed by atoms with Crippen molar-refractivity contribution in [2.75, 3.05) is 47.0 Å². The van der Waals surface area contributed by atoms with Crippen molar-refractivity contribution < 1.29 is 14.3 Å². The van der Waals surface area contributed by atoms with Gasteiger partial charge in [0.05, 0.1) is 12.7 Å². The molecular formula is C14H26N2O3. The first-order valence-electron chi connectivity index (χ1n) is 7.21. The lowest BCUT2D eigenvalue weighted by atomic mass is 10.1. The molecule has 1 amide bonds. The van der Waals surface area contributed by atoms with Gasteiger partial charge < -0.3 is 19.3 Å². The topological polar surface area (TPSA) is 42.0 Å². The fourth-order valence-electron chi connectivity index (χ4n) is 2.97. The summed E-state index contributed by atoms with van der Waals surface area (Å²) in [6.45, 7) is 5.42. The van der Waals surface area contributed by atoms with Crippen molar-refractivity contribution in [3.05, 3.63) is 0 Å². The fraction of sp³-hybridized carbons (Fsp3) is 0.929. The summed E-state index contributed by atoms with van der Waals surface area (Å²) in [4.78, 5) is 16.2. The molecule has 110 valence electrons. The third-order valence-corrected chi connectivity index (χ3v) is 4.14. The van der Waals surface area contributed by atoms with Crippen molar-refractivity contribution in [1.82, 2.24) is 9.80 Å². The van der Waals surface area contributed by atoms with E-state index in [1.165, 1.54) is 0 Å². The van der Waals surface area contributed by atoms with Gasteiger partial charge in [0, 0.05) is 25.7 Å². The number of nitrogens with zero attached hydrogens (tertiary/aromatic N) is 2. The molecule has 2 rings (SSSR count). The van der Waals surface area contributed by atoms with Crippen molar-refractivity contribution in [3.8, 4) is 0 Å². The second kappa shape index (κ2) is 6.68. The van der Waals surface area contributed by atoms with E-state index in [1.54, 1.807) is 0 Å². The lowest BCUT2D eigenvalue weighted by molar-refractivity contribution is -0.136. The quantitative estimate of drug-likeness (QED) is 0.733. The zero-order chi connectivity index (χ0) is 13.8. The summed E-state index contributed by atoms with van der Waals surface area (Å²) in [5, 5.41) is 0. The van der Waals surface area contributed by atoms with E-state index in [4.69, 9.17) is 9.47 Å². The Kier molecular flexibility index (Phi) is 5.19. The molecule has 2 heterocycles. The third-order valence-electron chi connectivity index (χ3n) is 4.14. The van der Waals surface area contributed by atoms with Crippen LogP contribution in [0.1, 0.15) is 19.8 Å². The fourth-order valence-corrected chi connectivity index (χ4v) is 2.97. The minimum Gasteiger partial charge on any atom is -0.376 e. The van der Waals surface area contributed by atoms with Crippen LogP contribution in [0.4, 0.5) is 0 Å². The third kappa shape index (κ3) is 3.91. The van der Waals surface area contributed by atoms with E-state index < -0.39 is 0 Å². The average molecular weight is 270 g/mol. The van der Waals surface area contributed by atoms with E-state index >= 15 is 0 Å². The number of ether oxygens (including phenoxy) is 2. The Balaban J connectivity index is 1.68. The standard InChI is InChI=1S/C14H26N2O3/c1-11-7-16(8-13(11)15(2)3)14(17)10-18-9-12-5-4-6-19-12/h11-13H,4-10H2,1-3H3/t11-,12-,13+/m1/s1. The van der Waals surface area contributed by atoms with Gasteiger partial charge in [-0.3, -0.25) is 4.79 Å². The first-order chi connectivity index (χ1) is 9.08. The molecule has 2 aliphatic rings. The highest BCUT2D eigenvalue weighted by molar-refractivity contribution is 5.77. The van der Waals surface area contributed by atoms with Crippen molar-refractivity contribution in [3.63, 3.8) is 0 Å². The first-order valence-corrected chi connectivity index (χ1v) is 7.21. The van der Waals surface area contributed by atoms with Gasteiger partial charge >= 0.3 is 0 Å². The Morgan fingerprint density at radius 3 is 2.79 bits per heavy atom. The monoisotopic (exact) mass is 270 g/mol. The van der Waals surface area contributed by atoms with Crippen LogP contribution in [0, 0.1) is 5.92 Å². The maximum atomic E-state index is 12.1. The molecule has 0 aromatic heterocycles. The number of carbonyl (C=O) groups excluding carboxylic acids is 1. The molecule has 0 aromatic carbocycles. The Morgan fingerprint density at radius 2 is 2.21 bits per heavy atom. The van der Waals surface area contributed by atoms with E-state index in [0.29, 0.717) is 18.6 Å². The molecule has 0 radical (unpaired) electrons. The second-order valence-corrected chi connectivity index (χ2v) is 5.96. The largest absolute Gasteiger partial charge is 0.376 e. The minimum atomic E-state index is 0.106. The Hall–Kier alpha value is -0.650. The lowest BCUT2D eigenvalue weighted by Crippen LogP contribution is -2.37. The molecule has 2 fully saturated rings. The predicted molar refractivity (Wildman–Crippen MR) is 73.0 cm³/mol. The Morgan fingerprint density at radius 1 is 1.42 bits per heavy atom. The zero-order valence-electron chi connectivity index (χ0n) is 12.3. The number of amides is 1. The van der Waals surface area contributed by atoms with Crippen LogP contribution in [-0.4, -0.2) is 74.9 Å². The summed E-state index contributed by atoms with van der Waals surface area (Å²) in [7, 11) is 4.14. The van der Waals surface area contributed by atoms with Crippen LogP contribution in [0.15, 0.2) is 0 Å². The molecular weight excluding hydrogens is 244 g/mol. The normalized spacial score (nSPS) is 31.4. The highest BCUT2D eigenvalue weighted by atomic mass is 16.5. The molecule has 2 aliphatic heterocycles. The molecule has 0 N–H and O–H groups in total. The molecule has 3 atom stereocenters. The van der Waals surface area contributed by atoms with Gasteiger partial charge in [0.1, 0.15) is 6.61 Å². The molecule has 0 bridgehead atoms. The molecule has 0 aromatic rings. The number of rotatable bonds is 5. The van der Waals surface area contributed by atoms with E-state index in [1.807, 2.05) is 4.90 Å². The van der Waals surface area contributed by atoms with Gasteiger partial charge in [-0.25, -0.2) is 0 Å². The maximum Gasteiger partial charge on any atom is 0.248 e. The van der Waals surface area contributed by atoms with Gasteiger partial charge in [-0.05, 0) is 32.9 Å². The van der Waals surface area contributed by atoms with Crippen LogP contribution in [-0.2, 0) is 14.3 Å². The average Bonchev–Trinajstić information content (AvgIpc) is 2.98. The molecule has 5 heteroatoms. The van der Waals surface area contributed by atoms with Crippen LogP contribution in [0.3, 0.4) is 0 Å². The van der Waals surface area contributed by atoms with E-state index in [0.717, 1.165) is 32.5 Å². The van der Waals surface area contributed by atoms with Crippen molar-refractivity contribution in [1.29, 1.82) is 0 Å². The van der Waals surface area contributed by atoms with Gasteiger partial charge in [-0.15, -0.1) is 0 Å². The van der Waals surface area contributed by atoms with Crippen molar-refractivity contribution in [2.24, 2.45) is 5.92 Å². The second-order valence-electron chi connectivity index (χ2n) is 5.96. The van der Waals surface area contributed by atoms with Gasteiger partial charge in [-0.2, -0.15) is 0 Å². The van der Waals surface area contributed by atoms with Crippen molar-refractivity contribution in [2.45, 2.75) is 31.9 Å². The summed E-state index contributed by atoms with van der Waals surface area (Å²) in [5.41, 5.74) is 0. The number of likely N-dealkylation sites (tertiary alicyclic amines) is 1. The number of hydrogen-bond donors (Lipinski definition) is 0. The first kappa shape index (κ1) is 14.8. The van der Waals surface area contributed by atoms with Crippen LogP contribution in [0.2, 0.25) is 0 Å². The summed E-state index contributed by atoms with van der Waals surface area (Å²) in [6.07, 6.45) is 2.35. The molecule has 0 unspecified atom stereocenters. The van der Waals surface area contributed by atoms with E-state index in [2.05, 4.69) is 25.9 Å². The SMILES string of the molecule is C[C@@H]1CN(C(=O)COC[C@H]2CCCO2)C[C@@H]1N(C)C. The van der Waals surface area contributed by atoms with Gasteiger partial charge in [0.15, 0.2) is 0 Å². The maximum absolute atomic E-state index is 12.1. The molecule has 0 spiro atoms. The highest BCUT2D eigenvalue weighted by Gasteiger charge is 2.33. The zero-order valence-corrected chi connectivity index (χ0v) is 12.3. The Bertz CT molecular complexity index is 303.